The summed E-state index contributed by atoms with van der Waals surface area (Å²) in [6.45, 7) is -0.495. The molecule has 192 valence electrons. The molecule has 0 aliphatic carbocycles. The van der Waals surface area contributed by atoms with Gasteiger partial charge >= 0.3 is 18.4 Å². The summed E-state index contributed by atoms with van der Waals surface area (Å²) in [5.41, 5.74) is 0.354. The SMILES string of the molecule is FC(F)(F)COc1nc(Nc2cccc(C(F)(F)F)c2)nc(N2CCC(Cc3ccccc3)CC2)n1. The summed E-state index contributed by atoms with van der Waals surface area (Å²) in [7, 11) is 0. The molecule has 1 saturated heterocycles. The topological polar surface area (TPSA) is 63.2 Å². The Morgan fingerprint density at radius 3 is 2.28 bits per heavy atom. The van der Waals surface area contributed by atoms with Gasteiger partial charge in [0, 0.05) is 18.8 Å². The van der Waals surface area contributed by atoms with Crippen LogP contribution in [0.15, 0.2) is 54.6 Å². The minimum atomic E-state index is -4.61. The van der Waals surface area contributed by atoms with Crippen LogP contribution in [0.5, 0.6) is 6.01 Å². The lowest BCUT2D eigenvalue weighted by molar-refractivity contribution is -0.154. The van der Waals surface area contributed by atoms with Crippen LogP contribution in [0.4, 0.5) is 43.9 Å². The lowest BCUT2D eigenvalue weighted by Gasteiger charge is -2.32. The fourth-order valence-corrected chi connectivity index (χ4v) is 3.94. The predicted molar refractivity (Wildman–Crippen MR) is 121 cm³/mol. The predicted octanol–water partition coefficient (Wildman–Crippen LogP) is 6.03. The number of ether oxygens (including phenoxy) is 1. The Bertz CT molecular complexity index is 1150. The van der Waals surface area contributed by atoms with E-state index < -0.39 is 30.5 Å². The first-order valence-electron chi connectivity index (χ1n) is 11.2. The fraction of sp³-hybridized carbons (Fsp3) is 0.375. The van der Waals surface area contributed by atoms with Gasteiger partial charge in [0.25, 0.3) is 0 Å². The summed E-state index contributed by atoms with van der Waals surface area (Å²) in [5, 5.41) is 2.62. The van der Waals surface area contributed by atoms with Gasteiger partial charge in [0.15, 0.2) is 6.61 Å². The molecule has 0 radical (unpaired) electrons. The van der Waals surface area contributed by atoms with E-state index in [9.17, 15) is 26.3 Å². The van der Waals surface area contributed by atoms with Crippen LogP contribution in [0.25, 0.3) is 0 Å². The zero-order valence-corrected chi connectivity index (χ0v) is 19.0. The molecule has 0 spiro atoms. The van der Waals surface area contributed by atoms with Crippen LogP contribution in [-0.2, 0) is 12.6 Å². The number of nitrogens with one attached hydrogen (secondary N) is 1. The van der Waals surface area contributed by atoms with Crippen molar-refractivity contribution in [2.45, 2.75) is 31.6 Å². The van der Waals surface area contributed by atoms with Crippen molar-refractivity contribution in [1.82, 2.24) is 15.0 Å². The zero-order valence-electron chi connectivity index (χ0n) is 19.0. The van der Waals surface area contributed by atoms with E-state index in [1.807, 2.05) is 18.2 Å². The van der Waals surface area contributed by atoms with Crippen LogP contribution in [0.1, 0.15) is 24.0 Å². The number of halogens is 6. The van der Waals surface area contributed by atoms with E-state index in [1.54, 1.807) is 4.90 Å². The molecule has 0 saturated carbocycles. The maximum atomic E-state index is 13.1. The third-order valence-electron chi connectivity index (χ3n) is 5.68. The molecule has 1 N–H and O–H groups in total. The van der Waals surface area contributed by atoms with Crippen LogP contribution in [0.2, 0.25) is 0 Å². The molecule has 0 bridgehead atoms. The van der Waals surface area contributed by atoms with E-state index in [2.05, 4.69) is 32.4 Å². The molecule has 0 amide bonds. The van der Waals surface area contributed by atoms with Gasteiger partial charge in [0.1, 0.15) is 0 Å². The van der Waals surface area contributed by atoms with E-state index >= 15 is 0 Å². The maximum absolute atomic E-state index is 13.1. The van der Waals surface area contributed by atoms with Crippen molar-refractivity contribution in [3.63, 3.8) is 0 Å². The van der Waals surface area contributed by atoms with Crippen LogP contribution in [-0.4, -0.2) is 40.8 Å². The highest BCUT2D eigenvalue weighted by atomic mass is 19.4. The first-order valence-corrected chi connectivity index (χ1v) is 11.2. The summed E-state index contributed by atoms with van der Waals surface area (Å²) in [5.74, 6) is 0.298. The number of rotatable bonds is 7. The Morgan fingerprint density at radius 2 is 1.61 bits per heavy atom. The van der Waals surface area contributed by atoms with Crippen LogP contribution < -0.4 is 15.0 Å². The molecule has 1 aliphatic heterocycles. The lowest BCUT2D eigenvalue weighted by Crippen LogP contribution is -2.35. The molecule has 0 atom stereocenters. The molecular weight excluding hydrogens is 488 g/mol. The summed E-state index contributed by atoms with van der Waals surface area (Å²) >= 11 is 0. The number of hydrogen-bond donors (Lipinski definition) is 1. The second-order valence-electron chi connectivity index (χ2n) is 8.47. The molecule has 1 fully saturated rings. The molecule has 3 aromatic rings. The molecule has 2 heterocycles. The van der Waals surface area contributed by atoms with Gasteiger partial charge in [0.2, 0.25) is 11.9 Å². The quantitative estimate of drug-likeness (QED) is 0.391. The number of nitrogens with zero attached hydrogens (tertiary/aromatic N) is 4. The van der Waals surface area contributed by atoms with E-state index in [1.165, 1.54) is 17.7 Å². The van der Waals surface area contributed by atoms with E-state index in [0.29, 0.717) is 19.0 Å². The Morgan fingerprint density at radius 1 is 0.889 bits per heavy atom. The fourth-order valence-electron chi connectivity index (χ4n) is 3.94. The second-order valence-corrected chi connectivity index (χ2v) is 8.47. The first-order chi connectivity index (χ1) is 17.0. The first kappa shape index (κ1) is 25.5. The maximum Gasteiger partial charge on any atom is 0.422 e. The summed E-state index contributed by atoms with van der Waals surface area (Å²) < 4.78 is 82.0. The van der Waals surface area contributed by atoms with Gasteiger partial charge in [0.05, 0.1) is 5.56 Å². The van der Waals surface area contributed by atoms with Crippen molar-refractivity contribution in [3.8, 4) is 6.01 Å². The molecular formula is C24H23F6N5O. The molecule has 6 nitrogen and oxygen atoms in total. The average molecular weight is 511 g/mol. The number of hydrogen-bond acceptors (Lipinski definition) is 6. The van der Waals surface area contributed by atoms with Gasteiger partial charge in [-0.3, -0.25) is 0 Å². The zero-order chi connectivity index (χ0) is 25.8. The minimum absolute atomic E-state index is 0.0188. The third-order valence-corrected chi connectivity index (χ3v) is 5.68. The normalized spacial score (nSPS) is 15.1. The van der Waals surface area contributed by atoms with Crippen molar-refractivity contribution in [1.29, 1.82) is 0 Å². The smallest absolute Gasteiger partial charge is 0.422 e. The van der Waals surface area contributed by atoms with Crippen molar-refractivity contribution < 1.29 is 31.1 Å². The van der Waals surface area contributed by atoms with Gasteiger partial charge in [-0.15, -0.1) is 0 Å². The minimum Gasteiger partial charge on any atom is -0.454 e. The van der Waals surface area contributed by atoms with E-state index in [0.717, 1.165) is 31.4 Å². The molecule has 1 aliphatic rings. The van der Waals surface area contributed by atoms with Gasteiger partial charge < -0.3 is 15.0 Å². The number of alkyl halides is 6. The van der Waals surface area contributed by atoms with Crippen LogP contribution in [0, 0.1) is 5.92 Å². The largest absolute Gasteiger partial charge is 0.454 e. The molecule has 0 unspecified atom stereocenters. The second kappa shape index (κ2) is 10.6. The van der Waals surface area contributed by atoms with Crippen molar-refractivity contribution >= 4 is 17.6 Å². The Hall–Kier alpha value is -3.57. The summed E-state index contributed by atoms with van der Waals surface area (Å²) in [6.07, 6.45) is -6.64. The molecule has 36 heavy (non-hydrogen) atoms. The van der Waals surface area contributed by atoms with Gasteiger partial charge in [-0.2, -0.15) is 41.3 Å². The summed E-state index contributed by atoms with van der Waals surface area (Å²) in [6, 6.07) is 13.8. The van der Waals surface area contributed by atoms with Gasteiger partial charge in [-0.1, -0.05) is 36.4 Å². The van der Waals surface area contributed by atoms with Crippen molar-refractivity contribution in [2.24, 2.45) is 5.92 Å². The molecule has 12 heteroatoms. The van der Waals surface area contributed by atoms with Crippen LogP contribution >= 0.6 is 0 Å². The highest BCUT2D eigenvalue weighted by molar-refractivity contribution is 5.56. The number of anilines is 3. The Kier molecular flexibility index (Phi) is 7.51. The lowest BCUT2D eigenvalue weighted by atomic mass is 9.90. The van der Waals surface area contributed by atoms with Gasteiger partial charge in [-0.05, 0) is 48.9 Å². The molecule has 1 aromatic heterocycles. The Labute approximate surface area is 203 Å². The van der Waals surface area contributed by atoms with Crippen LogP contribution in [0.3, 0.4) is 0 Å². The average Bonchev–Trinajstić information content (AvgIpc) is 2.83. The van der Waals surface area contributed by atoms with Crippen molar-refractivity contribution in [3.05, 3.63) is 65.7 Å². The number of piperidine rings is 1. The highest BCUT2D eigenvalue weighted by Crippen LogP contribution is 2.32. The molecule has 4 rings (SSSR count). The third kappa shape index (κ3) is 7.22. The standard InChI is InChI=1S/C24H23F6N5O/c25-23(26,27)15-36-22-33-20(31-19-8-4-7-18(14-19)24(28,29)30)32-21(34-22)35-11-9-17(10-12-35)13-16-5-2-1-3-6-16/h1-8,14,17H,9-13,15H2,(H,31,32,33,34). The highest BCUT2D eigenvalue weighted by Gasteiger charge is 2.31. The Balaban J connectivity index is 1.51. The van der Waals surface area contributed by atoms with Crippen molar-refractivity contribution in [2.75, 3.05) is 29.9 Å². The monoisotopic (exact) mass is 511 g/mol. The molecule has 2 aromatic carbocycles. The number of aromatic nitrogens is 3. The summed E-state index contributed by atoms with van der Waals surface area (Å²) in [4.78, 5) is 13.9. The van der Waals surface area contributed by atoms with E-state index in [4.69, 9.17) is 4.74 Å². The van der Waals surface area contributed by atoms with E-state index in [-0.39, 0.29) is 17.6 Å². The van der Waals surface area contributed by atoms with Gasteiger partial charge in [-0.25, -0.2) is 0 Å². The number of benzene rings is 2.